The molecule has 6 nitrogen and oxygen atoms in total. The van der Waals surface area contributed by atoms with Crippen molar-refractivity contribution < 1.29 is 19.0 Å². The van der Waals surface area contributed by atoms with Crippen molar-refractivity contribution in [2.75, 3.05) is 13.7 Å². The number of nitrogens with zero attached hydrogens (tertiary/aromatic N) is 1. The number of hydrazone groups is 1. The van der Waals surface area contributed by atoms with Gasteiger partial charge >= 0.3 is 0 Å². The molecule has 1 aliphatic heterocycles. The molecule has 1 aliphatic rings. The first kappa shape index (κ1) is 17.8. The predicted octanol–water partition coefficient (Wildman–Crippen LogP) is 3.51. The average molecular weight is 470 g/mol. The van der Waals surface area contributed by atoms with Gasteiger partial charge in [0.05, 0.1) is 22.3 Å². The van der Waals surface area contributed by atoms with Gasteiger partial charge in [0.15, 0.2) is 11.5 Å². The van der Waals surface area contributed by atoms with Crippen LogP contribution in [0.4, 0.5) is 0 Å². The minimum Gasteiger partial charge on any atom is -0.494 e. The molecule has 0 bridgehead atoms. The van der Waals surface area contributed by atoms with E-state index < -0.39 is 6.10 Å². The molecule has 8 heteroatoms. The van der Waals surface area contributed by atoms with Gasteiger partial charge < -0.3 is 14.2 Å². The number of carbonyl (C=O) groups is 1. The molecule has 0 saturated heterocycles. The highest BCUT2D eigenvalue weighted by molar-refractivity contribution is 9.11. The van der Waals surface area contributed by atoms with Crippen LogP contribution in [0.2, 0.25) is 0 Å². The summed E-state index contributed by atoms with van der Waals surface area (Å²) in [7, 11) is 1.59. The molecule has 130 valence electrons. The standard InChI is InChI=1S/C17H14Br2N2O4/c1-23-16-11(18)6-10(7-12(16)19)8-20-21-17(22)15-9-24-13-4-2-3-5-14(13)25-15/h2-8,15H,9H2,1H3,(H,21,22)/b20-8-/t15-/m0/s1. The summed E-state index contributed by atoms with van der Waals surface area (Å²) in [4.78, 5) is 12.2. The molecule has 1 N–H and O–H groups in total. The maximum atomic E-state index is 12.2. The second-order valence-electron chi connectivity index (χ2n) is 5.12. The summed E-state index contributed by atoms with van der Waals surface area (Å²) >= 11 is 6.83. The molecule has 1 atom stereocenters. The molecule has 0 fully saturated rings. The molecule has 0 aromatic heterocycles. The summed E-state index contributed by atoms with van der Waals surface area (Å²) in [5, 5.41) is 3.97. The summed E-state index contributed by atoms with van der Waals surface area (Å²) in [5.74, 6) is 1.48. The summed E-state index contributed by atoms with van der Waals surface area (Å²) in [5.41, 5.74) is 3.25. The zero-order valence-electron chi connectivity index (χ0n) is 13.2. The van der Waals surface area contributed by atoms with Gasteiger partial charge in [-0.05, 0) is 61.7 Å². The quantitative estimate of drug-likeness (QED) is 0.549. The van der Waals surface area contributed by atoms with E-state index in [0.29, 0.717) is 17.2 Å². The molecule has 0 unspecified atom stereocenters. The van der Waals surface area contributed by atoms with Crippen molar-refractivity contribution >= 4 is 44.0 Å². The number of hydrogen-bond donors (Lipinski definition) is 1. The highest BCUT2D eigenvalue weighted by Gasteiger charge is 2.26. The molecular formula is C17H14Br2N2O4. The third-order valence-corrected chi connectivity index (χ3v) is 4.59. The van der Waals surface area contributed by atoms with Gasteiger partial charge in [0, 0.05) is 0 Å². The molecule has 25 heavy (non-hydrogen) atoms. The number of amides is 1. The third kappa shape index (κ3) is 4.13. The first-order valence-electron chi connectivity index (χ1n) is 7.33. The van der Waals surface area contributed by atoms with E-state index in [0.717, 1.165) is 14.5 Å². The molecule has 0 spiro atoms. The lowest BCUT2D eigenvalue weighted by atomic mass is 10.2. The van der Waals surface area contributed by atoms with Gasteiger partial charge in [-0.25, -0.2) is 5.43 Å². The van der Waals surface area contributed by atoms with Crippen molar-refractivity contribution in [1.29, 1.82) is 0 Å². The van der Waals surface area contributed by atoms with Crippen molar-refractivity contribution in [3.8, 4) is 17.2 Å². The second-order valence-corrected chi connectivity index (χ2v) is 6.82. The van der Waals surface area contributed by atoms with Crippen LogP contribution >= 0.6 is 31.9 Å². The molecule has 2 aromatic carbocycles. The van der Waals surface area contributed by atoms with E-state index >= 15 is 0 Å². The van der Waals surface area contributed by atoms with Gasteiger partial charge in [-0.2, -0.15) is 5.10 Å². The van der Waals surface area contributed by atoms with Crippen LogP contribution in [0.1, 0.15) is 5.56 Å². The fourth-order valence-corrected chi connectivity index (χ4v) is 3.79. The topological polar surface area (TPSA) is 69.2 Å². The maximum Gasteiger partial charge on any atom is 0.284 e. The Balaban J connectivity index is 1.62. The highest BCUT2D eigenvalue weighted by atomic mass is 79.9. The first-order chi connectivity index (χ1) is 12.1. The Hall–Kier alpha value is -2.06. The van der Waals surface area contributed by atoms with Gasteiger partial charge in [0.2, 0.25) is 6.10 Å². The van der Waals surface area contributed by atoms with Crippen LogP contribution in [0.5, 0.6) is 17.2 Å². The van der Waals surface area contributed by atoms with Crippen LogP contribution in [-0.4, -0.2) is 31.9 Å². The first-order valence-corrected chi connectivity index (χ1v) is 8.91. The number of ether oxygens (including phenoxy) is 3. The predicted molar refractivity (Wildman–Crippen MR) is 100 cm³/mol. The fraction of sp³-hybridized carbons (Fsp3) is 0.176. The lowest BCUT2D eigenvalue weighted by molar-refractivity contribution is -0.130. The minimum absolute atomic E-state index is 0.137. The second kappa shape index (κ2) is 7.88. The van der Waals surface area contributed by atoms with E-state index in [4.69, 9.17) is 14.2 Å². The molecule has 2 aromatic rings. The van der Waals surface area contributed by atoms with E-state index in [9.17, 15) is 4.79 Å². The summed E-state index contributed by atoms with van der Waals surface area (Å²) < 4.78 is 17.9. The Morgan fingerprint density at radius 2 is 1.96 bits per heavy atom. The highest BCUT2D eigenvalue weighted by Crippen LogP contribution is 2.34. The van der Waals surface area contributed by atoms with E-state index in [2.05, 4.69) is 42.4 Å². The van der Waals surface area contributed by atoms with Gasteiger partial charge in [-0.3, -0.25) is 4.79 Å². The van der Waals surface area contributed by atoms with E-state index in [1.165, 1.54) is 6.21 Å². The summed E-state index contributed by atoms with van der Waals surface area (Å²) in [6.45, 7) is 0.137. The molecule has 1 amide bonds. The Labute approximate surface area is 161 Å². The number of para-hydroxylation sites is 2. The van der Waals surface area contributed by atoms with Crippen LogP contribution < -0.4 is 19.6 Å². The van der Waals surface area contributed by atoms with Crippen molar-refractivity contribution in [3.05, 3.63) is 50.9 Å². The number of rotatable bonds is 4. The zero-order chi connectivity index (χ0) is 17.8. The van der Waals surface area contributed by atoms with E-state index in [1.807, 2.05) is 24.3 Å². The van der Waals surface area contributed by atoms with Crippen molar-refractivity contribution in [2.45, 2.75) is 6.10 Å². The molecule has 0 radical (unpaired) electrons. The monoisotopic (exact) mass is 468 g/mol. The van der Waals surface area contributed by atoms with Gasteiger partial charge in [0.25, 0.3) is 5.91 Å². The largest absolute Gasteiger partial charge is 0.494 e. The van der Waals surface area contributed by atoms with Crippen LogP contribution in [0.25, 0.3) is 0 Å². The third-order valence-electron chi connectivity index (χ3n) is 3.41. The SMILES string of the molecule is COc1c(Br)cc(/C=N\NC(=O)[C@@H]2COc3ccccc3O2)cc1Br. The van der Waals surface area contributed by atoms with Crippen LogP contribution in [0.15, 0.2) is 50.4 Å². The number of methoxy groups -OCH3 is 1. The Bertz CT molecular complexity index is 803. The Kier molecular flexibility index (Phi) is 5.60. The van der Waals surface area contributed by atoms with Gasteiger partial charge in [0.1, 0.15) is 12.4 Å². The lowest BCUT2D eigenvalue weighted by Gasteiger charge is -2.24. The summed E-state index contributed by atoms with van der Waals surface area (Å²) in [6, 6.07) is 10.9. The Morgan fingerprint density at radius 1 is 1.28 bits per heavy atom. The van der Waals surface area contributed by atoms with Crippen molar-refractivity contribution in [3.63, 3.8) is 0 Å². The number of benzene rings is 2. The van der Waals surface area contributed by atoms with Crippen molar-refractivity contribution in [1.82, 2.24) is 5.43 Å². The lowest BCUT2D eigenvalue weighted by Crippen LogP contribution is -2.42. The summed E-state index contributed by atoms with van der Waals surface area (Å²) in [6.07, 6.45) is 0.784. The van der Waals surface area contributed by atoms with Crippen LogP contribution in [-0.2, 0) is 4.79 Å². The minimum atomic E-state index is -0.749. The fourth-order valence-electron chi connectivity index (χ4n) is 2.24. The smallest absolute Gasteiger partial charge is 0.284 e. The molecule has 1 heterocycles. The van der Waals surface area contributed by atoms with Crippen molar-refractivity contribution in [2.24, 2.45) is 5.10 Å². The molecule has 0 saturated carbocycles. The molecular weight excluding hydrogens is 456 g/mol. The zero-order valence-corrected chi connectivity index (χ0v) is 16.3. The molecule has 0 aliphatic carbocycles. The molecule has 3 rings (SSSR count). The van der Waals surface area contributed by atoms with Crippen LogP contribution in [0.3, 0.4) is 0 Å². The van der Waals surface area contributed by atoms with Gasteiger partial charge in [-0.1, -0.05) is 12.1 Å². The Morgan fingerprint density at radius 3 is 2.64 bits per heavy atom. The average Bonchev–Trinajstić information content (AvgIpc) is 2.61. The number of nitrogens with one attached hydrogen (secondary N) is 1. The van der Waals surface area contributed by atoms with Gasteiger partial charge in [-0.15, -0.1) is 0 Å². The van der Waals surface area contributed by atoms with Crippen LogP contribution in [0, 0.1) is 0 Å². The van der Waals surface area contributed by atoms with E-state index in [-0.39, 0.29) is 12.5 Å². The maximum absolute atomic E-state index is 12.2. The number of halogens is 2. The number of hydrogen-bond acceptors (Lipinski definition) is 5. The number of fused-ring (bicyclic) bond motifs is 1. The van der Waals surface area contributed by atoms with E-state index in [1.54, 1.807) is 19.2 Å². The number of carbonyl (C=O) groups excluding carboxylic acids is 1. The normalized spacial score (nSPS) is 15.9.